The maximum absolute atomic E-state index is 5.22. The van der Waals surface area contributed by atoms with Crippen LogP contribution < -0.4 is 4.74 Å². The van der Waals surface area contributed by atoms with E-state index in [0.29, 0.717) is 0 Å². The molecule has 0 saturated carbocycles. The Labute approximate surface area is 111 Å². The van der Waals surface area contributed by atoms with Crippen LogP contribution in [0.4, 0.5) is 0 Å². The SMILES string of the molecule is COc1cccc(-c2ncc(-c3cccnc3)[nH]2)c1. The second-order valence-corrected chi connectivity index (χ2v) is 4.12. The maximum atomic E-state index is 5.22. The van der Waals surface area contributed by atoms with E-state index in [4.69, 9.17) is 4.74 Å². The fourth-order valence-electron chi connectivity index (χ4n) is 1.91. The number of hydrogen-bond acceptors (Lipinski definition) is 3. The van der Waals surface area contributed by atoms with Gasteiger partial charge in [-0.1, -0.05) is 12.1 Å². The fraction of sp³-hybridized carbons (Fsp3) is 0.0667. The number of methoxy groups -OCH3 is 1. The van der Waals surface area contributed by atoms with Gasteiger partial charge in [0.2, 0.25) is 0 Å². The van der Waals surface area contributed by atoms with Gasteiger partial charge in [-0.25, -0.2) is 4.98 Å². The molecule has 0 saturated heterocycles. The van der Waals surface area contributed by atoms with Gasteiger partial charge in [0.25, 0.3) is 0 Å². The lowest BCUT2D eigenvalue weighted by Gasteiger charge is -2.01. The number of aromatic amines is 1. The second-order valence-electron chi connectivity index (χ2n) is 4.12. The van der Waals surface area contributed by atoms with Crippen LogP contribution in [0.15, 0.2) is 55.0 Å². The second kappa shape index (κ2) is 4.94. The van der Waals surface area contributed by atoms with Gasteiger partial charge in [0.15, 0.2) is 0 Å². The summed E-state index contributed by atoms with van der Waals surface area (Å²) in [4.78, 5) is 11.8. The normalized spacial score (nSPS) is 10.4. The third kappa shape index (κ3) is 2.33. The topological polar surface area (TPSA) is 50.8 Å². The fourth-order valence-corrected chi connectivity index (χ4v) is 1.91. The number of hydrogen-bond donors (Lipinski definition) is 1. The summed E-state index contributed by atoms with van der Waals surface area (Å²) in [6.45, 7) is 0. The van der Waals surface area contributed by atoms with Gasteiger partial charge in [0, 0.05) is 23.5 Å². The summed E-state index contributed by atoms with van der Waals surface area (Å²) < 4.78 is 5.22. The maximum Gasteiger partial charge on any atom is 0.137 e. The van der Waals surface area contributed by atoms with Crippen molar-refractivity contribution >= 4 is 0 Å². The number of benzene rings is 1. The lowest BCUT2D eigenvalue weighted by molar-refractivity contribution is 0.415. The zero-order chi connectivity index (χ0) is 13.1. The van der Waals surface area contributed by atoms with Crippen LogP contribution >= 0.6 is 0 Å². The number of aromatic nitrogens is 3. The Bertz CT molecular complexity index is 677. The van der Waals surface area contributed by atoms with Gasteiger partial charge in [-0.05, 0) is 24.3 Å². The standard InChI is InChI=1S/C15H13N3O/c1-19-13-6-2-4-11(8-13)15-17-10-14(18-15)12-5-3-7-16-9-12/h2-10H,1H3,(H,17,18). The molecule has 94 valence electrons. The lowest BCUT2D eigenvalue weighted by atomic mass is 10.2. The van der Waals surface area contributed by atoms with Crippen molar-refractivity contribution in [2.75, 3.05) is 7.11 Å². The molecule has 0 bridgehead atoms. The minimum Gasteiger partial charge on any atom is -0.497 e. The van der Waals surface area contributed by atoms with Crippen molar-refractivity contribution in [2.24, 2.45) is 0 Å². The Hall–Kier alpha value is -2.62. The molecule has 3 rings (SSSR count). The van der Waals surface area contributed by atoms with Crippen molar-refractivity contribution in [3.8, 4) is 28.4 Å². The van der Waals surface area contributed by atoms with Crippen LogP contribution in [-0.4, -0.2) is 22.1 Å². The number of nitrogens with zero attached hydrogens (tertiary/aromatic N) is 2. The summed E-state index contributed by atoms with van der Waals surface area (Å²) in [5.41, 5.74) is 2.96. The van der Waals surface area contributed by atoms with Gasteiger partial charge in [0.05, 0.1) is 19.0 Å². The molecule has 2 heterocycles. The van der Waals surface area contributed by atoms with E-state index in [1.165, 1.54) is 0 Å². The van der Waals surface area contributed by atoms with E-state index in [9.17, 15) is 0 Å². The summed E-state index contributed by atoms with van der Waals surface area (Å²) in [6, 6.07) is 11.7. The molecule has 1 aromatic carbocycles. The van der Waals surface area contributed by atoms with Crippen LogP contribution in [0.1, 0.15) is 0 Å². The van der Waals surface area contributed by atoms with Gasteiger partial charge in [-0.3, -0.25) is 4.98 Å². The number of pyridine rings is 1. The van der Waals surface area contributed by atoms with Gasteiger partial charge in [0.1, 0.15) is 11.6 Å². The number of nitrogens with one attached hydrogen (secondary N) is 1. The van der Waals surface area contributed by atoms with E-state index < -0.39 is 0 Å². The Balaban J connectivity index is 1.97. The first-order chi connectivity index (χ1) is 9.36. The van der Waals surface area contributed by atoms with Crippen LogP contribution in [-0.2, 0) is 0 Å². The van der Waals surface area contributed by atoms with Crippen molar-refractivity contribution in [3.05, 3.63) is 55.0 Å². The minimum atomic E-state index is 0.817. The van der Waals surface area contributed by atoms with Crippen molar-refractivity contribution in [1.29, 1.82) is 0 Å². The largest absolute Gasteiger partial charge is 0.497 e. The summed E-state index contributed by atoms with van der Waals surface area (Å²) in [7, 11) is 1.66. The Kier molecular flexibility index (Phi) is 2.98. The van der Waals surface area contributed by atoms with Crippen LogP contribution in [0.2, 0.25) is 0 Å². The molecule has 0 aliphatic carbocycles. The predicted molar refractivity (Wildman–Crippen MR) is 73.8 cm³/mol. The molecular weight excluding hydrogens is 238 g/mol. The molecule has 0 amide bonds. The summed E-state index contributed by atoms with van der Waals surface area (Å²) in [6.07, 6.45) is 5.37. The first kappa shape index (κ1) is 11.5. The van der Waals surface area contributed by atoms with Gasteiger partial charge in [-0.2, -0.15) is 0 Å². The highest BCUT2D eigenvalue weighted by Gasteiger charge is 2.06. The monoisotopic (exact) mass is 251 g/mol. The Morgan fingerprint density at radius 1 is 1.05 bits per heavy atom. The Morgan fingerprint density at radius 3 is 2.74 bits per heavy atom. The van der Waals surface area contributed by atoms with Crippen LogP contribution in [0.3, 0.4) is 0 Å². The molecule has 0 aliphatic heterocycles. The van der Waals surface area contributed by atoms with E-state index in [2.05, 4.69) is 15.0 Å². The van der Waals surface area contributed by atoms with Crippen molar-refractivity contribution in [3.63, 3.8) is 0 Å². The zero-order valence-corrected chi connectivity index (χ0v) is 10.5. The van der Waals surface area contributed by atoms with Crippen molar-refractivity contribution in [1.82, 2.24) is 15.0 Å². The lowest BCUT2D eigenvalue weighted by Crippen LogP contribution is -1.85. The minimum absolute atomic E-state index is 0.817. The predicted octanol–water partition coefficient (Wildman–Crippen LogP) is 3.15. The molecule has 0 aliphatic rings. The first-order valence-corrected chi connectivity index (χ1v) is 5.96. The first-order valence-electron chi connectivity index (χ1n) is 5.96. The van der Waals surface area contributed by atoms with Gasteiger partial charge >= 0.3 is 0 Å². The molecular formula is C15H13N3O. The van der Waals surface area contributed by atoms with E-state index in [0.717, 1.165) is 28.4 Å². The summed E-state index contributed by atoms with van der Waals surface area (Å²) in [5.74, 6) is 1.63. The summed E-state index contributed by atoms with van der Waals surface area (Å²) >= 11 is 0. The average molecular weight is 251 g/mol. The van der Waals surface area contributed by atoms with Crippen LogP contribution in [0.25, 0.3) is 22.6 Å². The molecule has 0 spiro atoms. The van der Waals surface area contributed by atoms with Gasteiger partial charge in [-0.15, -0.1) is 0 Å². The molecule has 1 N–H and O–H groups in total. The van der Waals surface area contributed by atoms with Crippen molar-refractivity contribution < 1.29 is 4.74 Å². The molecule has 0 radical (unpaired) electrons. The van der Waals surface area contributed by atoms with E-state index in [-0.39, 0.29) is 0 Å². The smallest absolute Gasteiger partial charge is 0.137 e. The van der Waals surface area contributed by atoms with Gasteiger partial charge < -0.3 is 9.72 Å². The zero-order valence-electron chi connectivity index (χ0n) is 10.5. The van der Waals surface area contributed by atoms with Crippen molar-refractivity contribution in [2.45, 2.75) is 0 Å². The molecule has 19 heavy (non-hydrogen) atoms. The van der Waals surface area contributed by atoms with E-state index in [1.807, 2.05) is 48.8 Å². The number of imidazole rings is 1. The highest BCUT2D eigenvalue weighted by atomic mass is 16.5. The third-order valence-electron chi connectivity index (χ3n) is 2.89. The number of H-pyrrole nitrogens is 1. The molecule has 2 aromatic heterocycles. The molecule has 0 unspecified atom stereocenters. The number of ether oxygens (including phenoxy) is 1. The molecule has 0 atom stereocenters. The molecule has 4 nitrogen and oxygen atoms in total. The average Bonchev–Trinajstić information content (AvgIpc) is 2.98. The Morgan fingerprint density at radius 2 is 1.95 bits per heavy atom. The van der Waals surface area contributed by atoms with Crippen LogP contribution in [0.5, 0.6) is 5.75 Å². The van der Waals surface area contributed by atoms with E-state index in [1.54, 1.807) is 13.3 Å². The highest BCUT2D eigenvalue weighted by Crippen LogP contribution is 2.24. The molecule has 4 heteroatoms. The quantitative estimate of drug-likeness (QED) is 0.778. The molecule has 0 fully saturated rings. The third-order valence-corrected chi connectivity index (χ3v) is 2.89. The van der Waals surface area contributed by atoms with E-state index >= 15 is 0 Å². The highest BCUT2D eigenvalue weighted by molar-refractivity contribution is 5.64. The number of rotatable bonds is 3. The summed E-state index contributed by atoms with van der Waals surface area (Å²) in [5, 5.41) is 0. The van der Waals surface area contributed by atoms with Crippen LogP contribution in [0, 0.1) is 0 Å². The molecule has 3 aromatic rings.